The lowest BCUT2D eigenvalue weighted by Crippen LogP contribution is -2.39. The summed E-state index contributed by atoms with van der Waals surface area (Å²) in [4.78, 5) is 12.4. The van der Waals surface area contributed by atoms with E-state index in [2.05, 4.69) is 55.5 Å². The molecule has 3 aromatic rings. The summed E-state index contributed by atoms with van der Waals surface area (Å²) in [5.41, 5.74) is 2.21. The van der Waals surface area contributed by atoms with Crippen LogP contribution in [0.3, 0.4) is 0 Å². The Kier molecular flexibility index (Phi) is 4.88. The van der Waals surface area contributed by atoms with Gasteiger partial charge in [-0.25, -0.2) is 0 Å². The molecule has 0 aliphatic rings. The molecule has 4 heteroatoms. The van der Waals surface area contributed by atoms with Gasteiger partial charge >= 0.3 is 0 Å². The van der Waals surface area contributed by atoms with Gasteiger partial charge in [0.05, 0.1) is 5.52 Å². The van der Waals surface area contributed by atoms with E-state index in [9.17, 15) is 4.79 Å². The predicted molar refractivity (Wildman–Crippen MR) is 101 cm³/mol. The highest BCUT2D eigenvalue weighted by Crippen LogP contribution is 2.28. The molecule has 1 unspecified atom stereocenters. The van der Waals surface area contributed by atoms with Gasteiger partial charge in [0.15, 0.2) is 0 Å². The van der Waals surface area contributed by atoms with Crippen LogP contribution in [-0.4, -0.2) is 21.7 Å². The van der Waals surface area contributed by atoms with Crippen LogP contribution in [0.25, 0.3) is 10.9 Å². The molecule has 3 rings (SSSR count). The highest BCUT2D eigenvalue weighted by atomic mass is 16.2. The largest absolute Gasteiger partial charge is 0.352 e. The molecule has 0 spiro atoms. The minimum Gasteiger partial charge on any atom is -0.352 e. The van der Waals surface area contributed by atoms with E-state index in [1.54, 1.807) is 4.68 Å². The number of nitrogens with zero attached hydrogens (tertiary/aromatic N) is 2. The summed E-state index contributed by atoms with van der Waals surface area (Å²) in [7, 11) is 0. The van der Waals surface area contributed by atoms with Crippen LogP contribution in [0.5, 0.6) is 0 Å². The predicted octanol–water partition coefficient (Wildman–Crippen LogP) is 3.91. The minimum absolute atomic E-state index is 0.00827. The van der Waals surface area contributed by atoms with Crippen molar-refractivity contribution in [2.24, 2.45) is 0 Å². The van der Waals surface area contributed by atoms with E-state index in [1.807, 2.05) is 36.5 Å². The Hall–Kier alpha value is -2.62. The molecule has 1 heterocycles. The normalized spacial score (nSPS) is 12.9. The Labute approximate surface area is 148 Å². The Morgan fingerprint density at radius 2 is 1.80 bits per heavy atom. The van der Waals surface area contributed by atoms with Crippen molar-refractivity contribution in [2.75, 3.05) is 0 Å². The van der Waals surface area contributed by atoms with Crippen molar-refractivity contribution in [1.29, 1.82) is 0 Å². The second-order valence-corrected chi connectivity index (χ2v) is 7.31. The number of carbonyl (C=O) groups excluding carboxylic acids is 1. The van der Waals surface area contributed by atoms with Gasteiger partial charge in [0, 0.05) is 17.6 Å². The molecular formula is C21H25N3O. The van der Waals surface area contributed by atoms with Crippen LogP contribution in [0.2, 0.25) is 0 Å². The second kappa shape index (κ2) is 7.09. The number of benzene rings is 2. The fourth-order valence-corrected chi connectivity index (χ4v) is 3.39. The Balaban J connectivity index is 1.58. The first kappa shape index (κ1) is 17.2. The van der Waals surface area contributed by atoms with Gasteiger partial charge in [-0.1, -0.05) is 62.4 Å². The third kappa shape index (κ3) is 4.27. The quantitative estimate of drug-likeness (QED) is 0.742. The van der Waals surface area contributed by atoms with Crippen LogP contribution in [0, 0.1) is 0 Å². The van der Waals surface area contributed by atoms with Crippen molar-refractivity contribution in [3.63, 3.8) is 0 Å². The number of fused-ring (bicyclic) bond motifs is 1. The molecular weight excluding hydrogens is 310 g/mol. The Morgan fingerprint density at radius 3 is 2.52 bits per heavy atom. The van der Waals surface area contributed by atoms with E-state index in [4.69, 9.17) is 0 Å². The SMILES string of the molecule is CC(CC(C)(C)c1ccccc1)NC(=O)Cn1cc2ccccc2n1. The number of carbonyl (C=O) groups is 1. The first-order valence-electron chi connectivity index (χ1n) is 8.71. The van der Waals surface area contributed by atoms with Gasteiger partial charge in [-0.05, 0) is 30.4 Å². The van der Waals surface area contributed by atoms with E-state index in [1.165, 1.54) is 5.56 Å². The van der Waals surface area contributed by atoms with Gasteiger partial charge < -0.3 is 5.32 Å². The second-order valence-electron chi connectivity index (χ2n) is 7.31. The van der Waals surface area contributed by atoms with E-state index >= 15 is 0 Å². The maximum atomic E-state index is 12.4. The van der Waals surface area contributed by atoms with E-state index in [0.29, 0.717) is 0 Å². The third-order valence-corrected chi connectivity index (χ3v) is 4.55. The molecule has 1 amide bonds. The zero-order valence-electron chi connectivity index (χ0n) is 15.1. The van der Waals surface area contributed by atoms with E-state index in [0.717, 1.165) is 17.3 Å². The minimum atomic E-state index is -0.0100. The average molecular weight is 335 g/mol. The summed E-state index contributed by atoms with van der Waals surface area (Å²) < 4.78 is 1.70. The first-order valence-corrected chi connectivity index (χ1v) is 8.71. The molecule has 1 N–H and O–H groups in total. The number of hydrogen-bond acceptors (Lipinski definition) is 2. The first-order chi connectivity index (χ1) is 11.9. The van der Waals surface area contributed by atoms with Crippen molar-refractivity contribution in [3.05, 3.63) is 66.4 Å². The topological polar surface area (TPSA) is 46.9 Å². The molecule has 1 aromatic heterocycles. The van der Waals surface area contributed by atoms with Crippen LogP contribution >= 0.6 is 0 Å². The number of nitrogens with one attached hydrogen (secondary N) is 1. The molecule has 25 heavy (non-hydrogen) atoms. The molecule has 1 atom stereocenters. The van der Waals surface area contributed by atoms with Gasteiger partial charge in [-0.3, -0.25) is 9.48 Å². The van der Waals surface area contributed by atoms with Gasteiger partial charge in [-0.15, -0.1) is 0 Å². The van der Waals surface area contributed by atoms with Crippen molar-refractivity contribution in [3.8, 4) is 0 Å². The van der Waals surface area contributed by atoms with Crippen molar-refractivity contribution in [1.82, 2.24) is 15.1 Å². The Morgan fingerprint density at radius 1 is 1.12 bits per heavy atom. The molecule has 130 valence electrons. The lowest BCUT2D eigenvalue weighted by atomic mass is 9.79. The van der Waals surface area contributed by atoms with E-state index < -0.39 is 0 Å². The fraction of sp³-hybridized carbons (Fsp3) is 0.333. The highest BCUT2D eigenvalue weighted by Gasteiger charge is 2.24. The number of hydrogen-bond donors (Lipinski definition) is 1. The molecule has 0 saturated heterocycles. The summed E-state index contributed by atoms with van der Waals surface area (Å²) in [5.74, 6) is -0.0100. The maximum absolute atomic E-state index is 12.4. The smallest absolute Gasteiger partial charge is 0.241 e. The lowest BCUT2D eigenvalue weighted by Gasteiger charge is -2.29. The summed E-state index contributed by atoms with van der Waals surface area (Å²) >= 11 is 0. The molecule has 0 radical (unpaired) electrons. The van der Waals surface area contributed by atoms with Crippen LogP contribution in [0.15, 0.2) is 60.8 Å². The average Bonchev–Trinajstić information content (AvgIpc) is 2.96. The molecule has 0 aliphatic heterocycles. The van der Waals surface area contributed by atoms with Gasteiger partial charge in [0.2, 0.25) is 5.91 Å². The number of rotatable bonds is 6. The third-order valence-electron chi connectivity index (χ3n) is 4.55. The molecule has 0 saturated carbocycles. The molecule has 2 aromatic carbocycles. The van der Waals surface area contributed by atoms with Crippen LogP contribution in [-0.2, 0) is 16.8 Å². The van der Waals surface area contributed by atoms with Crippen molar-refractivity contribution < 1.29 is 4.79 Å². The summed E-state index contributed by atoms with van der Waals surface area (Å²) in [6.07, 6.45) is 2.79. The number of amides is 1. The molecule has 4 nitrogen and oxygen atoms in total. The van der Waals surface area contributed by atoms with Gasteiger partial charge in [-0.2, -0.15) is 5.10 Å². The highest BCUT2D eigenvalue weighted by molar-refractivity contribution is 5.79. The lowest BCUT2D eigenvalue weighted by molar-refractivity contribution is -0.122. The van der Waals surface area contributed by atoms with Crippen LogP contribution in [0.1, 0.15) is 32.8 Å². The Bertz CT molecular complexity index is 819. The maximum Gasteiger partial charge on any atom is 0.241 e. The van der Waals surface area contributed by atoms with E-state index in [-0.39, 0.29) is 23.9 Å². The molecule has 0 aliphatic carbocycles. The van der Waals surface area contributed by atoms with Crippen molar-refractivity contribution in [2.45, 2.75) is 45.2 Å². The van der Waals surface area contributed by atoms with Gasteiger partial charge in [0.25, 0.3) is 0 Å². The summed E-state index contributed by atoms with van der Waals surface area (Å²) in [6, 6.07) is 18.4. The monoisotopic (exact) mass is 335 g/mol. The zero-order valence-corrected chi connectivity index (χ0v) is 15.1. The molecule has 0 fully saturated rings. The van der Waals surface area contributed by atoms with Crippen molar-refractivity contribution >= 4 is 16.8 Å². The zero-order chi connectivity index (χ0) is 17.9. The fourth-order valence-electron chi connectivity index (χ4n) is 3.39. The van der Waals surface area contributed by atoms with Gasteiger partial charge in [0.1, 0.15) is 6.54 Å². The summed E-state index contributed by atoms with van der Waals surface area (Å²) in [6.45, 7) is 6.73. The molecule has 0 bridgehead atoms. The van der Waals surface area contributed by atoms with Crippen LogP contribution in [0.4, 0.5) is 0 Å². The number of aromatic nitrogens is 2. The standard InChI is InChI=1S/C21H25N3O/c1-16(13-21(2,3)18-10-5-4-6-11-18)22-20(25)15-24-14-17-9-7-8-12-19(17)23-24/h4-12,14,16H,13,15H2,1-3H3,(H,22,25). The summed E-state index contributed by atoms with van der Waals surface area (Å²) in [5, 5.41) is 8.59. The van der Waals surface area contributed by atoms with Crippen LogP contribution < -0.4 is 5.32 Å².